The Kier molecular flexibility index (Phi) is 8.17. The molecule has 0 aromatic heterocycles. The van der Waals surface area contributed by atoms with E-state index in [4.69, 9.17) is 4.74 Å². The van der Waals surface area contributed by atoms with E-state index in [0.29, 0.717) is 26.2 Å². The van der Waals surface area contributed by atoms with Crippen molar-refractivity contribution in [1.82, 2.24) is 10.6 Å². The first-order valence-corrected chi connectivity index (χ1v) is 4.80. The van der Waals surface area contributed by atoms with Gasteiger partial charge >= 0.3 is 0 Å². The van der Waals surface area contributed by atoms with E-state index in [1.165, 1.54) is 0 Å². The van der Waals surface area contributed by atoms with Crippen molar-refractivity contribution in [2.75, 3.05) is 33.4 Å². The molecule has 0 unspecified atom stereocenters. The van der Waals surface area contributed by atoms with E-state index >= 15 is 0 Å². The van der Waals surface area contributed by atoms with E-state index in [1.54, 1.807) is 7.05 Å². The Morgan fingerprint density at radius 3 is 2.71 bits per heavy atom. The Morgan fingerprint density at radius 1 is 1.43 bits per heavy atom. The van der Waals surface area contributed by atoms with Crippen molar-refractivity contribution in [3.05, 3.63) is 12.2 Å². The molecule has 1 amide bonds. The summed E-state index contributed by atoms with van der Waals surface area (Å²) in [5.74, 6) is 0.0559. The molecule has 0 aliphatic heterocycles. The maximum Gasteiger partial charge on any atom is 0.221 e. The molecular weight excluding hydrogens is 180 g/mol. The van der Waals surface area contributed by atoms with Gasteiger partial charge in [0.15, 0.2) is 0 Å². The number of carbonyl (C=O) groups excluding carboxylic acids is 1. The summed E-state index contributed by atoms with van der Waals surface area (Å²) in [5.41, 5.74) is 1.02. The smallest absolute Gasteiger partial charge is 0.221 e. The average Bonchev–Trinajstić information content (AvgIpc) is 2.15. The lowest BCUT2D eigenvalue weighted by Crippen LogP contribution is -2.27. The molecule has 2 N–H and O–H groups in total. The Hall–Kier alpha value is -0.870. The third-order valence-corrected chi connectivity index (χ3v) is 1.58. The molecule has 0 aromatic carbocycles. The Balaban J connectivity index is 3.06. The molecule has 4 nitrogen and oxygen atoms in total. The second kappa shape index (κ2) is 8.72. The fourth-order valence-electron chi connectivity index (χ4n) is 0.843. The van der Waals surface area contributed by atoms with Gasteiger partial charge in [-0.1, -0.05) is 12.2 Å². The molecule has 14 heavy (non-hydrogen) atoms. The summed E-state index contributed by atoms with van der Waals surface area (Å²) in [7, 11) is 1.64. The number of carbonyl (C=O) groups is 1. The summed E-state index contributed by atoms with van der Waals surface area (Å²) in [6.07, 6.45) is 0.511. The number of hydrogen-bond acceptors (Lipinski definition) is 3. The molecule has 0 radical (unpaired) electrons. The van der Waals surface area contributed by atoms with E-state index in [-0.39, 0.29) is 5.91 Å². The first kappa shape index (κ1) is 13.1. The maximum atomic E-state index is 10.8. The molecule has 0 atom stereocenters. The third-order valence-electron chi connectivity index (χ3n) is 1.58. The largest absolute Gasteiger partial charge is 0.376 e. The van der Waals surface area contributed by atoms with E-state index in [9.17, 15) is 4.79 Å². The van der Waals surface area contributed by atoms with Crippen LogP contribution in [0.1, 0.15) is 13.3 Å². The van der Waals surface area contributed by atoms with Crippen molar-refractivity contribution < 1.29 is 9.53 Å². The molecule has 0 spiro atoms. The molecule has 82 valence electrons. The minimum atomic E-state index is 0.0559. The lowest BCUT2D eigenvalue weighted by atomic mass is 10.4. The van der Waals surface area contributed by atoms with E-state index in [0.717, 1.165) is 12.1 Å². The van der Waals surface area contributed by atoms with Gasteiger partial charge in [0.05, 0.1) is 13.2 Å². The minimum Gasteiger partial charge on any atom is -0.376 e. The molecule has 0 aliphatic carbocycles. The van der Waals surface area contributed by atoms with Gasteiger partial charge < -0.3 is 15.4 Å². The maximum absolute atomic E-state index is 10.8. The van der Waals surface area contributed by atoms with Crippen LogP contribution in [-0.4, -0.2) is 39.3 Å². The van der Waals surface area contributed by atoms with Gasteiger partial charge in [0.1, 0.15) is 0 Å². The predicted octanol–water partition coefficient (Wildman–Crippen LogP) is 0.305. The fraction of sp³-hybridized carbons (Fsp3) is 0.700. The lowest BCUT2D eigenvalue weighted by molar-refractivity contribution is -0.120. The Morgan fingerprint density at radius 2 is 2.14 bits per heavy atom. The van der Waals surface area contributed by atoms with Crippen LogP contribution in [-0.2, 0) is 9.53 Å². The van der Waals surface area contributed by atoms with Crippen molar-refractivity contribution in [2.45, 2.75) is 13.3 Å². The number of hydrogen-bond donors (Lipinski definition) is 2. The summed E-state index contributed by atoms with van der Waals surface area (Å²) < 4.78 is 5.27. The molecular formula is C10H20N2O2. The van der Waals surface area contributed by atoms with Crippen LogP contribution in [0.25, 0.3) is 0 Å². The standard InChI is InChI=1S/C10H20N2O2/c1-9(2)8-14-7-6-12-5-4-10(13)11-3/h12H,1,4-8H2,2-3H3,(H,11,13). The molecule has 0 aliphatic rings. The summed E-state index contributed by atoms with van der Waals surface area (Å²) in [5, 5.41) is 5.67. The van der Waals surface area contributed by atoms with Crippen LogP contribution >= 0.6 is 0 Å². The lowest BCUT2D eigenvalue weighted by Gasteiger charge is -2.05. The number of rotatable bonds is 8. The Labute approximate surface area is 85.7 Å². The monoisotopic (exact) mass is 200 g/mol. The van der Waals surface area contributed by atoms with Crippen molar-refractivity contribution in [3.8, 4) is 0 Å². The summed E-state index contributed by atoms with van der Waals surface area (Å²) >= 11 is 0. The van der Waals surface area contributed by atoms with E-state index < -0.39 is 0 Å². The van der Waals surface area contributed by atoms with Crippen LogP contribution in [0, 0.1) is 0 Å². The van der Waals surface area contributed by atoms with E-state index in [2.05, 4.69) is 17.2 Å². The highest BCUT2D eigenvalue weighted by Crippen LogP contribution is 1.86. The van der Waals surface area contributed by atoms with Crippen molar-refractivity contribution in [3.63, 3.8) is 0 Å². The fourth-order valence-corrected chi connectivity index (χ4v) is 0.843. The number of amides is 1. The molecule has 0 saturated carbocycles. The Bertz CT molecular complexity index is 181. The zero-order valence-corrected chi connectivity index (χ0v) is 9.06. The van der Waals surface area contributed by atoms with Crippen molar-refractivity contribution >= 4 is 5.91 Å². The minimum absolute atomic E-state index is 0.0559. The highest BCUT2D eigenvalue weighted by Gasteiger charge is 1.95. The van der Waals surface area contributed by atoms with Gasteiger partial charge in [-0.15, -0.1) is 0 Å². The topological polar surface area (TPSA) is 50.4 Å². The van der Waals surface area contributed by atoms with Gasteiger partial charge in [-0.05, 0) is 6.92 Å². The second-order valence-corrected chi connectivity index (χ2v) is 3.18. The van der Waals surface area contributed by atoms with Crippen LogP contribution < -0.4 is 10.6 Å². The highest BCUT2D eigenvalue weighted by molar-refractivity contribution is 5.75. The predicted molar refractivity (Wildman–Crippen MR) is 57.2 cm³/mol. The molecule has 0 bridgehead atoms. The zero-order valence-electron chi connectivity index (χ0n) is 9.06. The van der Waals surface area contributed by atoms with Gasteiger partial charge in [-0.2, -0.15) is 0 Å². The van der Waals surface area contributed by atoms with Gasteiger partial charge in [0, 0.05) is 26.6 Å². The molecule has 0 saturated heterocycles. The van der Waals surface area contributed by atoms with Gasteiger partial charge in [-0.25, -0.2) is 0 Å². The SMILES string of the molecule is C=C(C)COCCNCCC(=O)NC. The van der Waals surface area contributed by atoms with Crippen LogP contribution in [0.2, 0.25) is 0 Å². The van der Waals surface area contributed by atoms with E-state index in [1.807, 2.05) is 6.92 Å². The summed E-state index contributed by atoms with van der Waals surface area (Å²) in [6, 6.07) is 0. The second-order valence-electron chi connectivity index (χ2n) is 3.18. The van der Waals surface area contributed by atoms with Crippen LogP contribution in [0.3, 0.4) is 0 Å². The number of ether oxygens (including phenoxy) is 1. The van der Waals surface area contributed by atoms with Crippen LogP contribution in [0.15, 0.2) is 12.2 Å². The molecule has 0 rings (SSSR count). The quantitative estimate of drug-likeness (QED) is 0.438. The summed E-state index contributed by atoms with van der Waals surface area (Å²) in [4.78, 5) is 10.8. The molecule has 0 fully saturated rings. The first-order valence-electron chi connectivity index (χ1n) is 4.80. The van der Waals surface area contributed by atoms with Crippen LogP contribution in [0.4, 0.5) is 0 Å². The van der Waals surface area contributed by atoms with Gasteiger partial charge in [0.2, 0.25) is 5.91 Å². The molecule has 0 aromatic rings. The normalized spacial score (nSPS) is 9.86. The summed E-state index contributed by atoms with van der Waals surface area (Å²) in [6.45, 7) is 8.37. The third kappa shape index (κ3) is 9.22. The van der Waals surface area contributed by atoms with Crippen molar-refractivity contribution in [1.29, 1.82) is 0 Å². The molecule has 4 heteroatoms. The highest BCUT2D eigenvalue weighted by atomic mass is 16.5. The number of nitrogens with one attached hydrogen (secondary N) is 2. The average molecular weight is 200 g/mol. The van der Waals surface area contributed by atoms with Crippen molar-refractivity contribution in [2.24, 2.45) is 0 Å². The van der Waals surface area contributed by atoms with Crippen LogP contribution in [0.5, 0.6) is 0 Å². The van der Waals surface area contributed by atoms with Gasteiger partial charge in [-0.3, -0.25) is 4.79 Å². The first-order chi connectivity index (χ1) is 6.66. The van der Waals surface area contributed by atoms with Gasteiger partial charge in [0.25, 0.3) is 0 Å². The molecule has 0 heterocycles. The zero-order chi connectivity index (χ0) is 10.8.